The standard InChI is InChI=1S/C73H106O12/c1-4-7-10-13-16-19-22-25-28-31-33-36-38-41-44-47-50-53-56-59-65(74)81-62-64(83-66(75)60-57-54-51-48-45-42-39-35-30-27-24-21-18-15-12-9-6-3)63-82-73-71(69(78)68(77)70(85-73)72(79)80)84-67(76)61-58-55-52-49-46-43-40-37-34-32-29-26-23-20-17-14-11-8-5-2/h7-12,16-21,25-30,33-34,36-37,39,41-44,46,48,50-51,53,64,68-71,73,77-78H,4-6,13-15,22-24,31-32,35,38,40,45,47,49,52,54-63H2,1-3H3,(H,79,80)/b10-7-,11-8-,12-9-,19-16-,20-17-,21-18-,28-25-,29-26-,30-27-,36-33-,37-34-,42-39-,44-41-,46-43-,51-48-,53-50-. The minimum absolute atomic E-state index is 0.00551. The van der Waals surface area contributed by atoms with Gasteiger partial charge in [-0.1, -0.05) is 222 Å². The van der Waals surface area contributed by atoms with Crippen molar-refractivity contribution in [3.05, 3.63) is 194 Å². The second-order valence-electron chi connectivity index (χ2n) is 20.2. The fraction of sp³-hybridized carbons (Fsp3) is 0.507. The molecule has 12 heteroatoms. The molecule has 0 aliphatic carbocycles. The molecule has 0 aromatic heterocycles. The van der Waals surface area contributed by atoms with Gasteiger partial charge in [0.15, 0.2) is 24.6 Å². The number of allylic oxidation sites excluding steroid dienone is 32. The molecule has 1 heterocycles. The van der Waals surface area contributed by atoms with Crippen LogP contribution < -0.4 is 0 Å². The van der Waals surface area contributed by atoms with Crippen molar-refractivity contribution < 1.29 is 58.2 Å². The summed E-state index contributed by atoms with van der Waals surface area (Å²) < 4.78 is 28.3. The van der Waals surface area contributed by atoms with Crippen molar-refractivity contribution >= 4 is 23.9 Å². The number of esters is 3. The summed E-state index contributed by atoms with van der Waals surface area (Å²) >= 11 is 0. The number of unbranched alkanes of at least 4 members (excludes halogenated alkanes) is 4. The van der Waals surface area contributed by atoms with Crippen molar-refractivity contribution in [2.24, 2.45) is 0 Å². The van der Waals surface area contributed by atoms with E-state index in [-0.39, 0.29) is 19.3 Å². The van der Waals surface area contributed by atoms with Gasteiger partial charge in [-0.05, 0) is 141 Å². The highest BCUT2D eigenvalue weighted by molar-refractivity contribution is 5.74. The quantitative estimate of drug-likeness (QED) is 0.0228. The van der Waals surface area contributed by atoms with E-state index in [9.17, 15) is 34.5 Å². The summed E-state index contributed by atoms with van der Waals surface area (Å²) in [5.74, 6) is -3.40. The van der Waals surface area contributed by atoms with E-state index in [2.05, 4.69) is 191 Å². The van der Waals surface area contributed by atoms with E-state index in [1.165, 1.54) is 0 Å². The van der Waals surface area contributed by atoms with Crippen LogP contribution in [-0.2, 0) is 42.9 Å². The average Bonchev–Trinajstić information content (AvgIpc) is 3.51. The van der Waals surface area contributed by atoms with Crippen molar-refractivity contribution in [1.29, 1.82) is 0 Å². The van der Waals surface area contributed by atoms with Gasteiger partial charge in [0.1, 0.15) is 18.8 Å². The summed E-state index contributed by atoms with van der Waals surface area (Å²) in [6.07, 6.45) is 76.9. The summed E-state index contributed by atoms with van der Waals surface area (Å²) in [5, 5.41) is 31.6. The van der Waals surface area contributed by atoms with E-state index in [0.717, 1.165) is 116 Å². The summed E-state index contributed by atoms with van der Waals surface area (Å²) in [5.41, 5.74) is 0. The third-order valence-corrected chi connectivity index (χ3v) is 12.7. The molecule has 0 spiro atoms. The molecule has 6 unspecified atom stereocenters. The predicted molar refractivity (Wildman–Crippen MR) is 348 cm³/mol. The number of ether oxygens (including phenoxy) is 5. The van der Waals surface area contributed by atoms with E-state index in [0.29, 0.717) is 32.1 Å². The van der Waals surface area contributed by atoms with Crippen LogP contribution in [0.15, 0.2) is 194 Å². The molecule has 0 radical (unpaired) electrons. The first-order chi connectivity index (χ1) is 41.6. The number of aliphatic hydroxyl groups is 2. The lowest BCUT2D eigenvalue weighted by Crippen LogP contribution is -2.61. The topological polar surface area (TPSA) is 175 Å². The molecule has 1 aliphatic heterocycles. The molecule has 1 fully saturated rings. The third-order valence-electron chi connectivity index (χ3n) is 12.7. The molecule has 1 rings (SSSR count). The van der Waals surface area contributed by atoms with Crippen LogP contribution in [0.4, 0.5) is 0 Å². The molecule has 0 bridgehead atoms. The molecule has 3 N–H and O–H groups in total. The number of hydrogen-bond acceptors (Lipinski definition) is 11. The first-order valence-corrected chi connectivity index (χ1v) is 31.4. The molecule has 85 heavy (non-hydrogen) atoms. The first kappa shape index (κ1) is 76.6. The Balaban J connectivity index is 2.80. The van der Waals surface area contributed by atoms with Crippen molar-refractivity contribution in [2.45, 2.75) is 225 Å². The maximum Gasteiger partial charge on any atom is 0.335 e. The maximum atomic E-state index is 13.2. The highest BCUT2D eigenvalue weighted by Gasteiger charge is 2.50. The van der Waals surface area contributed by atoms with Gasteiger partial charge in [-0.2, -0.15) is 0 Å². The molecule has 0 aromatic rings. The van der Waals surface area contributed by atoms with Crippen LogP contribution in [0, 0.1) is 0 Å². The van der Waals surface area contributed by atoms with Gasteiger partial charge in [0.05, 0.1) is 6.61 Å². The third kappa shape index (κ3) is 47.5. The van der Waals surface area contributed by atoms with Crippen molar-refractivity contribution in [3.8, 4) is 0 Å². The highest BCUT2D eigenvalue weighted by atomic mass is 16.7. The number of carbonyl (C=O) groups is 4. The molecule has 6 atom stereocenters. The number of hydrogen-bond donors (Lipinski definition) is 3. The zero-order chi connectivity index (χ0) is 61.7. The second kappa shape index (κ2) is 58.0. The SMILES string of the molecule is CC/C=C\C/C=C\C/C=C\C/C=C\C/C=C\C/C=C\CCC(=O)OCC(COC1OC(C(=O)O)C(O)C(O)C1OC(=O)CCCCC/C=C\C/C=C\C/C=C\C/C=C\C/C=C\CC)OC(=O)CCC/C=C\C/C=C\C/C=C\C/C=C\C/C=C\CC. The van der Waals surface area contributed by atoms with E-state index in [1.807, 2.05) is 24.3 Å². The molecule has 0 amide bonds. The summed E-state index contributed by atoms with van der Waals surface area (Å²) in [7, 11) is 0. The Morgan fingerprint density at radius 1 is 0.388 bits per heavy atom. The molecule has 1 aliphatic rings. The van der Waals surface area contributed by atoms with Crippen LogP contribution in [0.2, 0.25) is 0 Å². The Kier molecular flexibility index (Phi) is 52.2. The van der Waals surface area contributed by atoms with Crippen LogP contribution in [0.5, 0.6) is 0 Å². The molecule has 0 aromatic carbocycles. The number of aliphatic hydroxyl groups excluding tert-OH is 2. The molecular formula is C73H106O12. The normalized spacial score (nSPS) is 18.8. The number of carbonyl (C=O) groups excluding carboxylic acids is 3. The molecule has 1 saturated heterocycles. The minimum Gasteiger partial charge on any atom is -0.479 e. The number of carboxylic acid groups (broad SMARTS) is 1. The van der Waals surface area contributed by atoms with Crippen molar-refractivity contribution in [3.63, 3.8) is 0 Å². The molecule has 0 saturated carbocycles. The highest BCUT2D eigenvalue weighted by Crippen LogP contribution is 2.26. The van der Waals surface area contributed by atoms with Crippen LogP contribution >= 0.6 is 0 Å². The van der Waals surface area contributed by atoms with Gasteiger partial charge in [0.25, 0.3) is 0 Å². The van der Waals surface area contributed by atoms with E-state index in [4.69, 9.17) is 23.7 Å². The van der Waals surface area contributed by atoms with E-state index < -0.39 is 73.9 Å². The van der Waals surface area contributed by atoms with Crippen LogP contribution in [0.25, 0.3) is 0 Å². The lowest BCUT2D eigenvalue weighted by Gasteiger charge is -2.40. The average molecular weight is 1180 g/mol. The number of aliphatic carboxylic acids is 1. The zero-order valence-corrected chi connectivity index (χ0v) is 51.8. The molecule has 470 valence electrons. The largest absolute Gasteiger partial charge is 0.479 e. The predicted octanol–water partition coefficient (Wildman–Crippen LogP) is 17.0. The van der Waals surface area contributed by atoms with Crippen molar-refractivity contribution in [2.75, 3.05) is 13.2 Å². The Morgan fingerprint density at radius 3 is 1.13 bits per heavy atom. The molecule has 12 nitrogen and oxygen atoms in total. The number of carboxylic acids is 1. The lowest BCUT2D eigenvalue weighted by atomic mass is 9.98. The Hall–Kier alpha value is -6.44. The van der Waals surface area contributed by atoms with Gasteiger partial charge in [0.2, 0.25) is 0 Å². The number of rotatable bonds is 50. The van der Waals surface area contributed by atoms with Crippen LogP contribution in [0.3, 0.4) is 0 Å². The smallest absolute Gasteiger partial charge is 0.335 e. The first-order valence-electron chi connectivity index (χ1n) is 31.4. The summed E-state index contributed by atoms with van der Waals surface area (Å²) in [6.45, 7) is 5.51. The van der Waals surface area contributed by atoms with Gasteiger partial charge in [-0.15, -0.1) is 0 Å². The Morgan fingerprint density at radius 2 is 0.741 bits per heavy atom. The van der Waals surface area contributed by atoms with Gasteiger partial charge in [-0.25, -0.2) is 4.79 Å². The maximum absolute atomic E-state index is 13.2. The van der Waals surface area contributed by atoms with E-state index >= 15 is 0 Å². The Labute approximate surface area is 512 Å². The Bertz CT molecular complexity index is 2230. The zero-order valence-electron chi connectivity index (χ0n) is 51.8. The monoisotopic (exact) mass is 1170 g/mol. The second-order valence-corrected chi connectivity index (χ2v) is 20.2. The molecular weight excluding hydrogens is 1070 g/mol. The fourth-order valence-electron chi connectivity index (χ4n) is 7.98. The summed E-state index contributed by atoms with van der Waals surface area (Å²) in [4.78, 5) is 51.3. The summed E-state index contributed by atoms with van der Waals surface area (Å²) in [6, 6.07) is 0. The van der Waals surface area contributed by atoms with Gasteiger partial charge in [-0.3, -0.25) is 14.4 Å². The van der Waals surface area contributed by atoms with Crippen LogP contribution in [0.1, 0.15) is 188 Å². The van der Waals surface area contributed by atoms with Gasteiger partial charge >= 0.3 is 23.9 Å². The van der Waals surface area contributed by atoms with Crippen LogP contribution in [-0.4, -0.2) is 89.2 Å². The van der Waals surface area contributed by atoms with E-state index in [1.54, 1.807) is 0 Å². The van der Waals surface area contributed by atoms with Gasteiger partial charge in [0, 0.05) is 19.3 Å². The fourth-order valence-corrected chi connectivity index (χ4v) is 7.98. The minimum atomic E-state index is -1.95. The van der Waals surface area contributed by atoms with Gasteiger partial charge < -0.3 is 39.0 Å². The lowest BCUT2D eigenvalue weighted by molar-refractivity contribution is -0.301. The van der Waals surface area contributed by atoms with Crippen molar-refractivity contribution in [1.82, 2.24) is 0 Å².